The van der Waals surface area contributed by atoms with E-state index in [1.54, 1.807) is 0 Å². The zero-order valence-corrected chi connectivity index (χ0v) is 10.9. The molecule has 1 aliphatic rings. The number of aromatic nitrogens is 2. The number of nitrogens with two attached hydrogens (primary N) is 1. The first kappa shape index (κ1) is 12.5. The van der Waals surface area contributed by atoms with Gasteiger partial charge in [0.15, 0.2) is 5.82 Å². The van der Waals surface area contributed by atoms with Gasteiger partial charge in [0.25, 0.3) is 0 Å². The number of piperidine rings is 1. The van der Waals surface area contributed by atoms with E-state index in [4.69, 9.17) is 10.3 Å². The molecule has 1 fully saturated rings. The largest absolute Gasteiger partial charge is 0.339 e. The van der Waals surface area contributed by atoms with Crippen molar-refractivity contribution in [2.45, 2.75) is 45.7 Å². The molecule has 0 bridgehead atoms. The van der Waals surface area contributed by atoms with Crippen LogP contribution in [0.2, 0.25) is 0 Å². The average molecular weight is 238 g/mol. The van der Waals surface area contributed by atoms with Gasteiger partial charge in [-0.05, 0) is 32.7 Å². The van der Waals surface area contributed by atoms with Gasteiger partial charge in [-0.1, -0.05) is 12.1 Å². The minimum absolute atomic E-state index is 0.340. The molecule has 5 nitrogen and oxygen atoms in total. The van der Waals surface area contributed by atoms with E-state index in [9.17, 15) is 0 Å². The maximum absolute atomic E-state index is 6.07. The molecular formula is C12H22N4O. The van der Waals surface area contributed by atoms with Crippen LogP contribution in [0.25, 0.3) is 0 Å². The summed E-state index contributed by atoms with van der Waals surface area (Å²) < 4.78 is 5.13. The first-order chi connectivity index (χ1) is 8.08. The fourth-order valence-corrected chi connectivity index (χ4v) is 2.47. The van der Waals surface area contributed by atoms with E-state index in [0.29, 0.717) is 23.8 Å². The lowest BCUT2D eigenvalue weighted by Gasteiger charge is -2.41. The standard InChI is InChI=1S/C12H22N4O/c1-8-9(2)16(6-4-11(8)13)7-5-12-14-10(3)15-17-12/h8-9,11H,4-7,13H2,1-3H3. The maximum Gasteiger partial charge on any atom is 0.227 e. The molecule has 1 aromatic rings. The Labute approximate surface area is 102 Å². The lowest BCUT2D eigenvalue weighted by atomic mass is 9.87. The number of hydrogen-bond donors (Lipinski definition) is 1. The van der Waals surface area contributed by atoms with Gasteiger partial charge in [-0.25, -0.2) is 0 Å². The van der Waals surface area contributed by atoms with Crippen molar-refractivity contribution < 1.29 is 4.52 Å². The Kier molecular flexibility index (Phi) is 3.79. The molecule has 1 aromatic heterocycles. The second-order valence-corrected chi connectivity index (χ2v) is 5.07. The number of nitrogens with zero attached hydrogens (tertiary/aromatic N) is 3. The SMILES string of the molecule is Cc1noc(CCN2CCC(N)C(C)C2C)n1. The number of rotatable bonds is 3. The molecule has 2 rings (SSSR count). The van der Waals surface area contributed by atoms with Crippen LogP contribution < -0.4 is 5.73 Å². The fraction of sp³-hybridized carbons (Fsp3) is 0.833. The van der Waals surface area contributed by atoms with Crippen molar-refractivity contribution in [3.05, 3.63) is 11.7 Å². The Bertz CT molecular complexity index is 365. The van der Waals surface area contributed by atoms with Crippen LogP contribution in [0.4, 0.5) is 0 Å². The highest BCUT2D eigenvalue weighted by atomic mass is 16.5. The van der Waals surface area contributed by atoms with Crippen molar-refractivity contribution in [2.75, 3.05) is 13.1 Å². The predicted molar refractivity (Wildman–Crippen MR) is 65.5 cm³/mol. The summed E-state index contributed by atoms with van der Waals surface area (Å²) in [6.07, 6.45) is 1.90. The molecule has 1 saturated heterocycles. The Morgan fingerprint density at radius 3 is 2.88 bits per heavy atom. The van der Waals surface area contributed by atoms with Crippen molar-refractivity contribution in [1.82, 2.24) is 15.0 Å². The highest BCUT2D eigenvalue weighted by Gasteiger charge is 2.29. The van der Waals surface area contributed by atoms with Crippen LogP contribution in [0.3, 0.4) is 0 Å². The van der Waals surface area contributed by atoms with Crippen LogP contribution in [-0.2, 0) is 6.42 Å². The van der Waals surface area contributed by atoms with Crippen molar-refractivity contribution in [3.63, 3.8) is 0 Å². The summed E-state index contributed by atoms with van der Waals surface area (Å²) in [5.41, 5.74) is 6.07. The van der Waals surface area contributed by atoms with E-state index in [2.05, 4.69) is 28.9 Å². The molecule has 2 N–H and O–H groups in total. The summed E-state index contributed by atoms with van der Waals surface area (Å²) in [5, 5.41) is 3.80. The Morgan fingerprint density at radius 2 is 2.24 bits per heavy atom. The van der Waals surface area contributed by atoms with Gasteiger partial charge in [0.1, 0.15) is 0 Å². The van der Waals surface area contributed by atoms with E-state index in [0.717, 1.165) is 31.8 Å². The Balaban J connectivity index is 1.87. The lowest BCUT2D eigenvalue weighted by molar-refractivity contribution is 0.0968. The van der Waals surface area contributed by atoms with E-state index in [-0.39, 0.29) is 0 Å². The highest BCUT2D eigenvalue weighted by molar-refractivity contribution is 4.89. The van der Waals surface area contributed by atoms with Gasteiger partial charge in [0, 0.05) is 25.0 Å². The molecule has 0 aliphatic carbocycles. The van der Waals surface area contributed by atoms with Crippen LogP contribution >= 0.6 is 0 Å². The molecule has 3 atom stereocenters. The van der Waals surface area contributed by atoms with Crippen molar-refractivity contribution in [1.29, 1.82) is 0 Å². The molecule has 96 valence electrons. The third-order valence-electron chi connectivity index (χ3n) is 3.94. The van der Waals surface area contributed by atoms with Crippen molar-refractivity contribution in [2.24, 2.45) is 11.7 Å². The topological polar surface area (TPSA) is 68.2 Å². The summed E-state index contributed by atoms with van der Waals surface area (Å²) in [5.74, 6) is 1.99. The van der Waals surface area contributed by atoms with Gasteiger partial charge in [-0.15, -0.1) is 0 Å². The van der Waals surface area contributed by atoms with E-state index < -0.39 is 0 Å². The summed E-state index contributed by atoms with van der Waals surface area (Å²) in [6, 6.07) is 0.870. The van der Waals surface area contributed by atoms with Crippen LogP contribution in [0.1, 0.15) is 32.0 Å². The summed E-state index contributed by atoms with van der Waals surface area (Å²) in [7, 11) is 0. The zero-order chi connectivity index (χ0) is 12.4. The third-order valence-corrected chi connectivity index (χ3v) is 3.94. The highest BCUT2D eigenvalue weighted by Crippen LogP contribution is 2.22. The quantitative estimate of drug-likeness (QED) is 0.850. The maximum atomic E-state index is 6.07. The van der Waals surface area contributed by atoms with Crippen molar-refractivity contribution >= 4 is 0 Å². The van der Waals surface area contributed by atoms with E-state index >= 15 is 0 Å². The normalized spacial score (nSPS) is 30.7. The summed E-state index contributed by atoms with van der Waals surface area (Å²) >= 11 is 0. The molecule has 5 heteroatoms. The molecule has 2 heterocycles. The van der Waals surface area contributed by atoms with Gasteiger partial charge in [0.05, 0.1) is 0 Å². The van der Waals surface area contributed by atoms with Crippen molar-refractivity contribution in [3.8, 4) is 0 Å². The Hall–Kier alpha value is -0.940. The minimum Gasteiger partial charge on any atom is -0.339 e. The van der Waals surface area contributed by atoms with Gasteiger partial charge in [-0.2, -0.15) is 4.98 Å². The third kappa shape index (κ3) is 2.84. The van der Waals surface area contributed by atoms with E-state index in [1.807, 2.05) is 6.92 Å². The molecule has 17 heavy (non-hydrogen) atoms. The Morgan fingerprint density at radius 1 is 1.47 bits per heavy atom. The predicted octanol–water partition coefficient (Wildman–Crippen LogP) is 0.978. The minimum atomic E-state index is 0.340. The average Bonchev–Trinajstić information content (AvgIpc) is 2.71. The zero-order valence-electron chi connectivity index (χ0n) is 10.9. The number of aryl methyl sites for hydroxylation is 1. The molecular weight excluding hydrogens is 216 g/mol. The lowest BCUT2D eigenvalue weighted by Crippen LogP contribution is -2.52. The van der Waals surface area contributed by atoms with Crippen LogP contribution in [0.5, 0.6) is 0 Å². The molecule has 0 spiro atoms. The van der Waals surface area contributed by atoms with Gasteiger partial charge in [0.2, 0.25) is 5.89 Å². The first-order valence-electron chi connectivity index (χ1n) is 6.36. The van der Waals surface area contributed by atoms with Gasteiger partial charge < -0.3 is 10.3 Å². The molecule has 1 aliphatic heterocycles. The molecule has 0 aromatic carbocycles. The molecule has 0 amide bonds. The van der Waals surface area contributed by atoms with Gasteiger partial charge >= 0.3 is 0 Å². The van der Waals surface area contributed by atoms with E-state index in [1.165, 1.54) is 0 Å². The number of likely N-dealkylation sites (tertiary alicyclic amines) is 1. The molecule has 0 saturated carbocycles. The summed E-state index contributed by atoms with van der Waals surface area (Å²) in [6.45, 7) is 8.37. The van der Waals surface area contributed by atoms with Gasteiger partial charge in [-0.3, -0.25) is 4.90 Å². The molecule has 0 radical (unpaired) electrons. The summed E-state index contributed by atoms with van der Waals surface area (Å²) in [4.78, 5) is 6.69. The van der Waals surface area contributed by atoms with Crippen LogP contribution in [-0.4, -0.2) is 40.2 Å². The monoisotopic (exact) mass is 238 g/mol. The van der Waals surface area contributed by atoms with Crippen LogP contribution in [0, 0.1) is 12.8 Å². The number of hydrogen-bond acceptors (Lipinski definition) is 5. The molecule has 3 unspecified atom stereocenters. The first-order valence-corrected chi connectivity index (χ1v) is 6.36. The second kappa shape index (κ2) is 5.14. The fourth-order valence-electron chi connectivity index (χ4n) is 2.47. The van der Waals surface area contributed by atoms with Crippen LogP contribution in [0.15, 0.2) is 4.52 Å². The smallest absolute Gasteiger partial charge is 0.227 e. The second-order valence-electron chi connectivity index (χ2n) is 5.07.